The van der Waals surface area contributed by atoms with E-state index in [1.807, 2.05) is 19.1 Å². The van der Waals surface area contributed by atoms with Crippen molar-refractivity contribution in [3.63, 3.8) is 0 Å². The first kappa shape index (κ1) is 11.5. The number of nitrogens with zero attached hydrogens (tertiary/aromatic N) is 3. The summed E-state index contributed by atoms with van der Waals surface area (Å²) in [5.74, 6) is 1.54. The molecule has 0 spiro atoms. The van der Waals surface area contributed by atoms with Gasteiger partial charge < -0.3 is 9.15 Å². The molecule has 0 aromatic carbocycles. The summed E-state index contributed by atoms with van der Waals surface area (Å²) in [6.07, 6.45) is 1.63. The number of carbonyl (C=O) groups excluding carboxylic acids is 1. The summed E-state index contributed by atoms with van der Waals surface area (Å²) in [6, 6.07) is 7.02. The maximum absolute atomic E-state index is 11.5. The second-order valence-corrected chi connectivity index (χ2v) is 4.07. The normalized spacial score (nSPS) is 10.8. The highest BCUT2D eigenvalue weighted by Crippen LogP contribution is 2.21. The predicted octanol–water partition coefficient (Wildman–Crippen LogP) is 2.08. The average molecular weight is 257 g/mol. The summed E-state index contributed by atoms with van der Waals surface area (Å²) in [4.78, 5) is 11.5. The van der Waals surface area contributed by atoms with Crippen molar-refractivity contribution in [2.24, 2.45) is 0 Å². The van der Waals surface area contributed by atoms with E-state index in [9.17, 15) is 4.79 Å². The number of esters is 1. The van der Waals surface area contributed by atoms with E-state index in [2.05, 4.69) is 10.2 Å². The number of ether oxygens (including phenoxy) is 1. The van der Waals surface area contributed by atoms with Gasteiger partial charge in [0.25, 0.3) is 0 Å². The van der Waals surface area contributed by atoms with E-state index < -0.39 is 5.97 Å². The molecular formula is C13H11N3O3. The summed E-state index contributed by atoms with van der Waals surface area (Å²) in [6.45, 7) is 1.85. The van der Waals surface area contributed by atoms with Crippen LogP contribution in [0.25, 0.3) is 17.2 Å². The highest BCUT2D eigenvalue weighted by molar-refractivity contribution is 5.89. The zero-order chi connectivity index (χ0) is 13.4. The largest absolute Gasteiger partial charge is 0.465 e. The molecule has 3 heterocycles. The Morgan fingerprint density at radius 3 is 2.79 bits per heavy atom. The Morgan fingerprint density at radius 2 is 2.11 bits per heavy atom. The fourth-order valence-corrected chi connectivity index (χ4v) is 1.85. The molecule has 0 saturated carbocycles. The van der Waals surface area contributed by atoms with Crippen LogP contribution < -0.4 is 0 Å². The third-order valence-corrected chi connectivity index (χ3v) is 2.78. The fraction of sp³-hybridized carbons (Fsp3) is 0.154. The van der Waals surface area contributed by atoms with Crippen molar-refractivity contribution in [1.82, 2.24) is 14.6 Å². The number of fused-ring (bicyclic) bond motifs is 1. The van der Waals surface area contributed by atoms with E-state index in [-0.39, 0.29) is 0 Å². The average Bonchev–Trinajstić information content (AvgIpc) is 3.02. The van der Waals surface area contributed by atoms with Gasteiger partial charge in [0.1, 0.15) is 5.76 Å². The van der Waals surface area contributed by atoms with Crippen molar-refractivity contribution >= 4 is 11.6 Å². The molecule has 0 radical (unpaired) electrons. The predicted molar refractivity (Wildman–Crippen MR) is 66.8 cm³/mol. The van der Waals surface area contributed by atoms with Gasteiger partial charge in [-0.2, -0.15) is 0 Å². The fourth-order valence-electron chi connectivity index (χ4n) is 1.85. The van der Waals surface area contributed by atoms with Crippen LogP contribution in [-0.2, 0) is 4.74 Å². The van der Waals surface area contributed by atoms with Crippen molar-refractivity contribution in [3.05, 3.63) is 41.8 Å². The van der Waals surface area contributed by atoms with Gasteiger partial charge in [0.2, 0.25) is 5.82 Å². The molecule has 0 bridgehead atoms. The first-order valence-corrected chi connectivity index (χ1v) is 5.69. The van der Waals surface area contributed by atoms with Crippen molar-refractivity contribution in [3.8, 4) is 11.6 Å². The lowest BCUT2D eigenvalue weighted by Crippen LogP contribution is -2.03. The number of furan rings is 1. The molecule has 6 nitrogen and oxygen atoms in total. The molecular weight excluding hydrogens is 246 g/mol. The Hall–Kier alpha value is -2.63. The molecule has 0 atom stereocenters. The molecule has 0 N–H and O–H groups in total. The van der Waals surface area contributed by atoms with Gasteiger partial charge in [-0.3, -0.25) is 4.40 Å². The molecule has 19 heavy (non-hydrogen) atoms. The van der Waals surface area contributed by atoms with Crippen molar-refractivity contribution in [2.75, 3.05) is 7.11 Å². The molecule has 0 amide bonds. The minimum absolute atomic E-state index is 0.405. The van der Waals surface area contributed by atoms with E-state index in [1.54, 1.807) is 22.7 Å². The number of aryl methyl sites for hydroxylation is 1. The van der Waals surface area contributed by atoms with Crippen LogP contribution in [0.3, 0.4) is 0 Å². The number of carbonyl (C=O) groups is 1. The molecule has 0 aliphatic heterocycles. The molecule has 0 unspecified atom stereocenters. The van der Waals surface area contributed by atoms with Gasteiger partial charge in [-0.15, -0.1) is 10.2 Å². The van der Waals surface area contributed by atoms with Crippen molar-refractivity contribution in [2.45, 2.75) is 6.92 Å². The van der Waals surface area contributed by atoms with Gasteiger partial charge in [0.15, 0.2) is 11.4 Å². The van der Waals surface area contributed by atoms with Crippen LogP contribution in [0.4, 0.5) is 0 Å². The van der Waals surface area contributed by atoms with Crippen molar-refractivity contribution in [1.29, 1.82) is 0 Å². The summed E-state index contributed by atoms with van der Waals surface area (Å²) < 4.78 is 11.9. The third kappa shape index (κ3) is 1.87. The monoisotopic (exact) mass is 257 g/mol. The molecule has 0 saturated heterocycles. The molecule has 6 heteroatoms. The maximum atomic E-state index is 11.5. The van der Waals surface area contributed by atoms with Crippen LogP contribution >= 0.6 is 0 Å². The van der Waals surface area contributed by atoms with Gasteiger partial charge in [-0.05, 0) is 31.2 Å². The van der Waals surface area contributed by atoms with Crippen LogP contribution in [0.15, 0.2) is 34.9 Å². The number of methoxy groups -OCH3 is 1. The second-order valence-electron chi connectivity index (χ2n) is 4.07. The first-order valence-electron chi connectivity index (χ1n) is 5.69. The highest BCUT2D eigenvalue weighted by atomic mass is 16.5. The molecule has 0 aliphatic carbocycles. The number of hydrogen-bond donors (Lipinski definition) is 0. The maximum Gasteiger partial charge on any atom is 0.339 e. The summed E-state index contributed by atoms with van der Waals surface area (Å²) in [5, 5.41) is 8.10. The van der Waals surface area contributed by atoms with Crippen LogP contribution in [0.1, 0.15) is 16.1 Å². The number of pyridine rings is 1. The first-order chi connectivity index (χ1) is 9.19. The summed E-state index contributed by atoms with van der Waals surface area (Å²) >= 11 is 0. The lowest BCUT2D eigenvalue weighted by atomic mass is 10.3. The Bertz CT molecular complexity index is 757. The Balaban J connectivity index is 2.18. The van der Waals surface area contributed by atoms with E-state index in [0.29, 0.717) is 22.8 Å². The van der Waals surface area contributed by atoms with Gasteiger partial charge >= 0.3 is 5.97 Å². The van der Waals surface area contributed by atoms with Crippen LogP contribution in [-0.4, -0.2) is 27.7 Å². The standard InChI is InChI=1S/C13H11N3O3/c1-8-3-5-10(19-8)12-15-14-11-6-4-9(7-16(11)12)13(17)18-2/h3-7H,1-2H3. The zero-order valence-corrected chi connectivity index (χ0v) is 10.5. The SMILES string of the molecule is COC(=O)c1ccc2nnc(-c3ccc(C)o3)n2c1. The van der Waals surface area contributed by atoms with Crippen molar-refractivity contribution < 1.29 is 13.9 Å². The summed E-state index contributed by atoms with van der Waals surface area (Å²) in [7, 11) is 1.34. The van der Waals surface area contributed by atoms with E-state index in [1.165, 1.54) is 7.11 Å². The smallest absolute Gasteiger partial charge is 0.339 e. The van der Waals surface area contributed by atoms with Crippen LogP contribution in [0, 0.1) is 6.92 Å². The topological polar surface area (TPSA) is 69.6 Å². The molecule has 3 aromatic heterocycles. The Kier molecular flexibility index (Phi) is 2.56. The Morgan fingerprint density at radius 1 is 1.26 bits per heavy atom. The minimum Gasteiger partial charge on any atom is -0.465 e. The van der Waals surface area contributed by atoms with E-state index in [0.717, 1.165) is 5.76 Å². The third-order valence-electron chi connectivity index (χ3n) is 2.78. The van der Waals surface area contributed by atoms with E-state index >= 15 is 0 Å². The second kappa shape index (κ2) is 4.24. The lowest BCUT2D eigenvalue weighted by molar-refractivity contribution is 0.0600. The number of hydrogen-bond acceptors (Lipinski definition) is 5. The molecule has 0 aliphatic rings. The van der Waals surface area contributed by atoms with Crippen LogP contribution in [0.2, 0.25) is 0 Å². The van der Waals surface area contributed by atoms with Gasteiger partial charge in [-0.25, -0.2) is 4.79 Å². The van der Waals surface area contributed by atoms with Gasteiger partial charge in [0, 0.05) is 6.20 Å². The molecule has 96 valence electrons. The van der Waals surface area contributed by atoms with Crippen LogP contribution in [0.5, 0.6) is 0 Å². The summed E-state index contributed by atoms with van der Waals surface area (Å²) in [5.41, 5.74) is 1.07. The van der Waals surface area contributed by atoms with Gasteiger partial charge in [0.05, 0.1) is 12.7 Å². The number of aromatic nitrogens is 3. The number of rotatable bonds is 2. The Labute approximate surface area is 108 Å². The minimum atomic E-state index is -0.405. The molecule has 3 rings (SSSR count). The quantitative estimate of drug-likeness (QED) is 0.657. The lowest BCUT2D eigenvalue weighted by Gasteiger charge is -2.01. The van der Waals surface area contributed by atoms with Gasteiger partial charge in [-0.1, -0.05) is 0 Å². The highest BCUT2D eigenvalue weighted by Gasteiger charge is 2.14. The molecule has 3 aromatic rings. The zero-order valence-electron chi connectivity index (χ0n) is 10.5. The molecule has 0 fully saturated rings. The van der Waals surface area contributed by atoms with E-state index in [4.69, 9.17) is 9.15 Å².